The second-order valence-electron chi connectivity index (χ2n) is 3.85. The zero-order chi connectivity index (χ0) is 13.7. The first kappa shape index (κ1) is 13.1. The van der Waals surface area contributed by atoms with Gasteiger partial charge in [-0.15, -0.1) is 0 Å². The van der Waals surface area contributed by atoms with Crippen molar-refractivity contribution in [1.29, 1.82) is 0 Å². The molecule has 0 aliphatic heterocycles. The molecular weight excluding hydrogens is 251 g/mol. The lowest BCUT2D eigenvalue weighted by Gasteiger charge is -2.08. The Hall–Kier alpha value is -2.34. The Morgan fingerprint density at radius 3 is 3.00 bits per heavy atom. The molecular formula is C13H13FN2O3. The molecule has 0 radical (unpaired) electrons. The van der Waals surface area contributed by atoms with Gasteiger partial charge in [0.15, 0.2) is 0 Å². The van der Waals surface area contributed by atoms with E-state index in [9.17, 15) is 9.18 Å². The van der Waals surface area contributed by atoms with Gasteiger partial charge in [0.05, 0.1) is 17.6 Å². The number of amides is 1. The second-order valence-corrected chi connectivity index (χ2v) is 3.85. The molecule has 1 amide bonds. The molecule has 0 saturated carbocycles. The number of hydrogen-bond acceptors (Lipinski definition) is 4. The molecule has 1 heterocycles. The first-order chi connectivity index (χ1) is 9.15. The molecule has 0 spiro atoms. The zero-order valence-electron chi connectivity index (χ0n) is 10.1. The molecule has 3 N–H and O–H groups in total. The number of nitrogens with two attached hydrogens (primary N) is 1. The van der Waals surface area contributed by atoms with Gasteiger partial charge in [-0.1, -0.05) is 0 Å². The molecule has 0 saturated heterocycles. The number of furan rings is 1. The summed E-state index contributed by atoms with van der Waals surface area (Å²) in [7, 11) is 0. The van der Waals surface area contributed by atoms with Gasteiger partial charge in [-0.2, -0.15) is 0 Å². The maximum absolute atomic E-state index is 13.0. The highest BCUT2D eigenvalue weighted by molar-refractivity contribution is 5.94. The van der Waals surface area contributed by atoms with Crippen LogP contribution in [0.3, 0.4) is 0 Å². The van der Waals surface area contributed by atoms with Crippen molar-refractivity contribution in [3.8, 4) is 0 Å². The zero-order valence-corrected chi connectivity index (χ0v) is 10.1. The van der Waals surface area contributed by atoms with Crippen molar-refractivity contribution in [3.05, 3.63) is 48.2 Å². The van der Waals surface area contributed by atoms with Crippen LogP contribution < -0.4 is 11.1 Å². The first-order valence-corrected chi connectivity index (χ1v) is 5.60. The Bertz CT molecular complexity index is 555. The molecule has 1 aromatic heterocycles. The van der Waals surface area contributed by atoms with Crippen molar-refractivity contribution in [2.24, 2.45) is 0 Å². The molecule has 0 aliphatic carbocycles. The van der Waals surface area contributed by atoms with Crippen LogP contribution in [0.5, 0.6) is 0 Å². The number of carbonyl (C=O) groups excluding carboxylic acids is 1. The summed E-state index contributed by atoms with van der Waals surface area (Å²) in [5.74, 6) is -0.261. The lowest BCUT2D eigenvalue weighted by atomic mass is 10.2. The van der Waals surface area contributed by atoms with Gasteiger partial charge in [-0.25, -0.2) is 4.39 Å². The van der Waals surface area contributed by atoms with Crippen LogP contribution in [-0.2, 0) is 16.1 Å². The summed E-state index contributed by atoms with van der Waals surface area (Å²) in [5, 5.41) is 2.47. The van der Waals surface area contributed by atoms with Crippen LogP contribution >= 0.6 is 0 Å². The Morgan fingerprint density at radius 2 is 2.26 bits per heavy atom. The predicted molar refractivity (Wildman–Crippen MR) is 67.8 cm³/mol. The Labute approximate surface area is 109 Å². The van der Waals surface area contributed by atoms with E-state index in [0.717, 1.165) is 6.07 Å². The lowest BCUT2D eigenvalue weighted by molar-refractivity contribution is -0.121. The third-order valence-electron chi connectivity index (χ3n) is 2.35. The van der Waals surface area contributed by atoms with Gasteiger partial charge in [0, 0.05) is 0 Å². The van der Waals surface area contributed by atoms with E-state index in [1.54, 1.807) is 12.1 Å². The molecule has 0 unspecified atom stereocenters. The van der Waals surface area contributed by atoms with E-state index in [1.165, 1.54) is 18.4 Å². The molecule has 6 heteroatoms. The summed E-state index contributed by atoms with van der Waals surface area (Å²) in [6.07, 6.45) is 1.52. The minimum Gasteiger partial charge on any atom is -0.467 e. The third-order valence-corrected chi connectivity index (χ3v) is 2.35. The van der Waals surface area contributed by atoms with E-state index in [0.29, 0.717) is 11.4 Å². The first-order valence-electron chi connectivity index (χ1n) is 5.60. The van der Waals surface area contributed by atoms with Gasteiger partial charge < -0.3 is 20.2 Å². The summed E-state index contributed by atoms with van der Waals surface area (Å²) in [5.41, 5.74) is 6.13. The van der Waals surface area contributed by atoms with Crippen LogP contribution in [0.2, 0.25) is 0 Å². The summed E-state index contributed by atoms with van der Waals surface area (Å²) < 4.78 is 23.2. The third kappa shape index (κ3) is 3.82. The van der Waals surface area contributed by atoms with Crippen molar-refractivity contribution >= 4 is 17.3 Å². The fraction of sp³-hybridized carbons (Fsp3) is 0.154. The van der Waals surface area contributed by atoms with Gasteiger partial charge in [0.25, 0.3) is 0 Å². The Morgan fingerprint density at radius 1 is 1.42 bits per heavy atom. The minimum absolute atomic E-state index is 0.170. The number of hydrogen-bond donors (Lipinski definition) is 2. The molecule has 19 heavy (non-hydrogen) atoms. The maximum Gasteiger partial charge on any atom is 0.250 e. The van der Waals surface area contributed by atoms with Crippen molar-refractivity contribution in [3.63, 3.8) is 0 Å². The Kier molecular flexibility index (Phi) is 4.15. The van der Waals surface area contributed by atoms with E-state index in [-0.39, 0.29) is 18.9 Å². The molecule has 2 rings (SSSR count). The van der Waals surface area contributed by atoms with E-state index in [1.807, 2.05) is 0 Å². The molecule has 0 fully saturated rings. The highest BCUT2D eigenvalue weighted by Crippen LogP contribution is 2.18. The molecule has 100 valence electrons. The van der Waals surface area contributed by atoms with Crippen molar-refractivity contribution in [1.82, 2.24) is 0 Å². The predicted octanol–water partition coefficient (Wildman–Crippen LogP) is 2.16. The fourth-order valence-electron chi connectivity index (χ4n) is 1.46. The van der Waals surface area contributed by atoms with Gasteiger partial charge in [-0.3, -0.25) is 4.79 Å². The standard InChI is InChI=1S/C13H13FN2O3/c14-9-3-4-11(15)12(6-9)16-13(17)8-18-7-10-2-1-5-19-10/h1-6H,7-8,15H2,(H,16,17). The number of carbonyl (C=O) groups is 1. The van der Waals surface area contributed by atoms with Gasteiger partial charge in [0.2, 0.25) is 5.91 Å². The van der Waals surface area contributed by atoms with Gasteiger partial charge >= 0.3 is 0 Å². The average Bonchev–Trinajstić information content (AvgIpc) is 2.87. The number of nitrogens with one attached hydrogen (secondary N) is 1. The van der Waals surface area contributed by atoms with E-state index in [2.05, 4.69) is 5.32 Å². The topological polar surface area (TPSA) is 77.5 Å². The normalized spacial score (nSPS) is 10.4. The largest absolute Gasteiger partial charge is 0.467 e. The number of nitrogen functional groups attached to an aromatic ring is 1. The lowest BCUT2D eigenvalue weighted by Crippen LogP contribution is -2.19. The SMILES string of the molecule is Nc1ccc(F)cc1NC(=O)COCc1ccco1. The Balaban J connectivity index is 1.82. The summed E-state index contributed by atoms with van der Waals surface area (Å²) in [6, 6.07) is 7.22. The minimum atomic E-state index is -0.471. The van der Waals surface area contributed by atoms with Gasteiger partial charge in [-0.05, 0) is 30.3 Å². The van der Waals surface area contributed by atoms with Gasteiger partial charge in [0.1, 0.15) is 24.8 Å². The van der Waals surface area contributed by atoms with Crippen LogP contribution in [0.25, 0.3) is 0 Å². The van der Waals surface area contributed by atoms with Crippen LogP contribution in [0.4, 0.5) is 15.8 Å². The summed E-state index contributed by atoms with van der Waals surface area (Å²) in [4.78, 5) is 11.6. The van der Waals surface area contributed by atoms with Crippen LogP contribution in [0.1, 0.15) is 5.76 Å². The number of ether oxygens (including phenoxy) is 1. The average molecular weight is 264 g/mol. The monoisotopic (exact) mass is 264 g/mol. The number of anilines is 2. The molecule has 0 bridgehead atoms. The van der Waals surface area contributed by atoms with Crippen molar-refractivity contribution in [2.75, 3.05) is 17.7 Å². The number of rotatable bonds is 5. The highest BCUT2D eigenvalue weighted by atomic mass is 19.1. The van der Waals surface area contributed by atoms with Crippen LogP contribution in [0, 0.1) is 5.82 Å². The van der Waals surface area contributed by atoms with E-state index < -0.39 is 11.7 Å². The number of halogens is 1. The highest BCUT2D eigenvalue weighted by Gasteiger charge is 2.07. The molecule has 0 aliphatic rings. The summed E-state index contributed by atoms with van der Waals surface area (Å²) in [6.45, 7) is 0.0235. The van der Waals surface area contributed by atoms with Crippen molar-refractivity contribution < 1.29 is 18.3 Å². The molecule has 1 aromatic carbocycles. The molecule has 2 aromatic rings. The molecule has 0 atom stereocenters. The quantitative estimate of drug-likeness (QED) is 0.811. The van der Waals surface area contributed by atoms with E-state index >= 15 is 0 Å². The maximum atomic E-state index is 13.0. The second kappa shape index (κ2) is 6.01. The van der Waals surface area contributed by atoms with E-state index in [4.69, 9.17) is 14.9 Å². The smallest absolute Gasteiger partial charge is 0.250 e. The number of benzene rings is 1. The summed E-state index contributed by atoms with van der Waals surface area (Å²) >= 11 is 0. The van der Waals surface area contributed by atoms with Crippen LogP contribution in [0.15, 0.2) is 41.0 Å². The van der Waals surface area contributed by atoms with Crippen LogP contribution in [-0.4, -0.2) is 12.5 Å². The molecule has 5 nitrogen and oxygen atoms in total. The fourth-order valence-corrected chi connectivity index (χ4v) is 1.46. The van der Waals surface area contributed by atoms with Crippen molar-refractivity contribution in [2.45, 2.75) is 6.61 Å².